The minimum absolute atomic E-state index is 0.0226. The van der Waals surface area contributed by atoms with Crippen molar-refractivity contribution in [3.05, 3.63) is 59.1 Å². The van der Waals surface area contributed by atoms with E-state index >= 15 is 0 Å². The molecule has 7 heteroatoms. The highest BCUT2D eigenvalue weighted by atomic mass is 35.5. The summed E-state index contributed by atoms with van der Waals surface area (Å²) < 4.78 is 5.24. The first kappa shape index (κ1) is 20.7. The normalized spacial score (nSPS) is 11.8. The van der Waals surface area contributed by atoms with Crippen LogP contribution >= 0.6 is 11.6 Å². The van der Waals surface area contributed by atoms with Gasteiger partial charge in [0.05, 0.1) is 19.3 Å². The van der Waals surface area contributed by atoms with Gasteiger partial charge in [-0.25, -0.2) is 0 Å². The van der Waals surface area contributed by atoms with E-state index in [1.807, 2.05) is 30.3 Å². The van der Waals surface area contributed by atoms with Crippen molar-refractivity contribution < 1.29 is 14.3 Å². The van der Waals surface area contributed by atoms with Gasteiger partial charge in [0.2, 0.25) is 11.8 Å². The number of carbonyl (C=O) groups excluding carboxylic acids is 2. The molecule has 0 bridgehead atoms. The average molecular weight is 390 g/mol. The fourth-order valence-electron chi connectivity index (χ4n) is 2.75. The smallest absolute Gasteiger partial charge is 0.244 e. The van der Waals surface area contributed by atoms with Crippen LogP contribution in [0.3, 0.4) is 0 Å². The highest BCUT2D eigenvalue weighted by Crippen LogP contribution is 2.28. The number of carbonyl (C=O) groups is 2. The molecular formula is C20H24ClN3O3. The predicted molar refractivity (Wildman–Crippen MR) is 107 cm³/mol. The van der Waals surface area contributed by atoms with Crippen molar-refractivity contribution in [1.29, 1.82) is 0 Å². The average Bonchev–Trinajstić information content (AvgIpc) is 2.62. The molecule has 0 aliphatic carbocycles. The minimum atomic E-state index is -0.562. The van der Waals surface area contributed by atoms with E-state index in [9.17, 15) is 9.59 Å². The highest BCUT2D eigenvalue weighted by Gasteiger charge is 2.28. The van der Waals surface area contributed by atoms with Gasteiger partial charge in [-0.1, -0.05) is 41.9 Å². The predicted octanol–water partition coefficient (Wildman–Crippen LogP) is 3.05. The van der Waals surface area contributed by atoms with E-state index < -0.39 is 6.04 Å². The molecule has 27 heavy (non-hydrogen) atoms. The fourth-order valence-corrected chi connectivity index (χ4v) is 2.92. The van der Waals surface area contributed by atoms with Gasteiger partial charge >= 0.3 is 0 Å². The van der Waals surface area contributed by atoms with Crippen molar-refractivity contribution in [3.63, 3.8) is 0 Å². The quantitative estimate of drug-likeness (QED) is 0.790. The Bertz CT molecular complexity index is 796. The summed E-state index contributed by atoms with van der Waals surface area (Å²) in [5, 5.41) is 3.28. The summed E-state index contributed by atoms with van der Waals surface area (Å²) in [4.78, 5) is 28.5. The summed E-state index contributed by atoms with van der Waals surface area (Å²) in [5.74, 6) is 0.141. The lowest BCUT2D eigenvalue weighted by Gasteiger charge is -2.29. The lowest BCUT2D eigenvalue weighted by Crippen LogP contribution is -2.41. The molecule has 0 radical (unpaired) electrons. The number of hydrogen-bond donors (Lipinski definition) is 1. The van der Waals surface area contributed by atoms with E-state index in [1.165, 1.54) is 12.0 Å². The molecular weight excluding hydrogens is 366 g/mol. The zero-order valence-electron chi connectivity index (χ0n) is 15.9. The van der Waals surface area contributed by atoms with Crippen molar-refractivity contribution in [2.24, 2.45) is 0 Å². The Morgan fingerprint density at radius 2 is 1.78 bits per heavy atom. The van der Waals surface area contributed by atoms with Crippen LogP contribution in [0.5, 0.6) is 5.75 Å². The van der Waals surface area contributed by atoms with E-state index in [4.69, 9.17) is 16.3 Å². The Hall–Kier alpha value is -2.57. The molecule has 1 atom stereocenters. The van der Waals surface area contributed by atoms with Crippen LogP contribution in [-0.4, -0.2) is 56.4 Å². The lowest BCUT2D eigenvalue weighted by atomic mass is 10.0. The van der Waals surface area contributed by atoms with Crippen LogP contribution in [-0.2, 0) is 9.59 Å². The van der Waals surface area contributed by atoms with Crippen LogP contribution in [0.25, 0.3) is 0 Å². The maximum absolute atomic E-state index is 12.7. The third-order valence-corrected chi connectivity index (χ3v) is 4.29. The van der Waals surface area contributed by atoms with Gasteiger partial charge in [0.25, 0.3) is 0 Å². The van der Waals surface area contributed by atoms with Crippen LogP contribution in [0.4, 0.5) is 5.69 Å². The van der Waals surface area contributed by atoms with Crippen molar-refractivity contribution in [2.45, 2.75) is 6.04 Å². The second-order valence-corrected chi connectivity index (χ2v) is 6.79. The second kappa shape index (κ2) is 9.39. The first-order chi connectivity index (χ1) is 12.8. The maximum Gasteiger partial charge on any atom is 0.244 e. The monoisotopic (exact) mass is 389 g/mol. The molecule has 6 nitrogen and oxygen atoms in total. The van der Waals surface area contributed by atoms with Crippen LogP contribution in [0.1, 0.15) is 11.6 Å². The SMILES string of the molecule is COc1ccc(Cl)cc1NC(=O)CN(C)[C@@H](C(=O)N(C)C)c1ccccc1. The van der Waals surface area contributed by atoms with Gasteiger partial charge in [0.15, 0.2) is 0 Å². The van der Waals surface area contributed by atoms with Gasteiger partial charge in [-0.05, 0) is 30.8 Å². The molecule has 2 rings (SSSR count). The number of nitrogens with zero attached hydrogens (tertiary/aromatic N) is 2. The van der Waals surface area contributed by atoms with E-state index in [0.717, 1.165) is 5.56 Å². The van der Waals surface area contributed by atoms with Crippen molar-refractivity contribution in [3.8, 4) is 5.75 Å². The standard InChI is InChI=1S/C20H24ClN3O3/c1-23(2)20(26)19(14-8-6-5-7-9-14)24(3)13-18(25)22-16-12-15(21)10-11-17(16)27-4/h5-12,19H,13H2,1-4H3,(H,22,25)/t19-/m1/s1. The molecule has 144 valence electrons. The van der Waals surface area contributed by atoms with Gasteiger partial charge < -0.3 is 15.0 Å². The molecule has 2 aromatic carbocycles. The summed E-state index contributed by atoms with van der Waals surface area (Å²) in [6.07, 6.45) is 0. The number of anilines is 1. The summed E-state index contributed by atoms with van der Waals surface area (Å²) in [6.45, 7) is 0.0226. The van der Waals surface area contributed by atoms with Gasteiger partial charge in [0.1, 0.15) is 11.8 Å². The van der Waals surface area contributed by atoms with Gasteiger partial charge in [-0.2, -0.15) is 0 Å². The second-order valence-electron chi connectivity index (χ2n) is 6.35. The highest BCUT2D eigenvalue weighted by molar-refractivity contribution is 6.31. The Balaban J connectivity index is 2.17. The fraction of sp³-hybridized carbons (Fsp3) is 0.300. The van der Waals surface area contributed by atoms with Gasteiger partial charge in [0, 0.05) is 19.1 Å². The molecule has 0 unspecified atom stereocenters. The summed E-state index contributed by atoms with van der Waals surface area (Å²) in [5.41, 5.74) is 1.31. The number of nitrogens with one attached hydrogen (secondary N) is 1. The van der Waals surface area contributed by atoms with E-state index in [-0.39, 0.29) is 18.4 Å². The number of ether oxygens (including phenoxy) is 1. The molecule has 0 aliphatic rings. The first-order valence-corrected chi connectivity index (χ1v) is 8.81. The number of methoxy groups -OCH3 is 1. The molecule has 0 saturated carbocycles. The van der Waals surface area contributed by atoms with Crippen LogP contribution < -0.4 is 10.1 Å². The molecule has 2 aromatic rings. The summed E-state index contributed by atoms with van der Waals surface area (Å²) >= 11 is 6.00. The summed E-state index contributed by atoms with van der Waals surface area (Å²) in [6, 6.07) is 13.8. The Morgan fingerprint density at radius 1 is 1.11 bits per heavy atom. The molecule has 0 spiro atoms. The number of amides is 2. The topological polar surface area (TPSA) is 61.9 Å². The zero-order chi connectivity index (χ0) is 20.0. The number of likely N-dealkylation sites (N-methyl/N-ethyl adjacent to an activating group) is 2. The van der Waals surface area contributed by atoms with Crippen molar-refractivity contribution in [1.82, 2.24) is 9.80 Å². The molecule has 2 amide bonds. The first-order valence-electron chi connectivity index (χ1n) is 8.43. The maximum atomic E-state index is 12.7. The Morgan fingerprint density at radius 3 is 2.37 bits per heavy atom. The molecule has 0 fully saturated rings. The zero-order valence-corrected chi connectivity index (χ0v) is 16.7. The third-order valence-electron chi connectivity index (χ3n) is 4.06. The van der Waals surface area contributed by atoms with Gasteiger partial charge in [-0.15, -0.1) is 0 Å². The largest absolute Gasteiger partial charge is 0.495 e. The van der Waals surface area contributed by atoms with E-state index in [2.05, 4.69) is 5.32 Å². The lowest BCUT2D eigenvalue weighted by molar-refractivity contribution is -0.134. The molecule has 0 saturated heterocycles. The summed E-state index contributed by atoms with van der Waals surface area (Å²) in [7, 11) is 6.66. The van der Waals surface area contributed by atoms with Crippen molar-refractivity contribution in [2.75, 3.05) is 40.1 Å². The molecule has 1 N–H and O–H groups in total. The molecule has 0 aromatic heterocycles. The number of hydrogen-bond acceptors (Lipinski definition) is 4. The van der Waals surface area contributed by atoms with Crippen molar-refractivity contribution >= 4 is 29.1 Å². The van der Waals surface area contributed by atoms with E-state index in [1.54, 1.807) is 44.2 Å². The minimum Gasteiger partial charge on any atom is -0.495 e. The van der Waals surface area contributed by atoms with Crippen LogP contribution in [0, 0.1) is 0 Å². The number of halogens is 1. The van der Waals surface area contributed by atoms with Crippen LogP contribution in [0.15, 0.2) is 48.5 Å². The third kappa shape index (κ3) is 5.45. The molecule has 0 aliphatic heterocycles. The van der Waals surface area contributed by atoms with E-state index in [0.29, 0.717) is 16.5 Å². The number of benzene rings is 2. The Labute approximate surface area is 164 Å². The Kier molecular flexibility index (Phi) is 7.21. The van der Waals surface area contributed by atoms with Gasteiger partial charge in [-0.3, -0.25) is 14.5 Å². The number of rotatable bonds is 7. The van der Waals surface area contributed by atoms with Crippen LogP contribution in [0.2, 0.25) is 5.02 Å². The molecule has 0 heterocycles.